The molecular weight excluding hydrogens is 248 g/mol. The molecule has 19 heavy (non-hydrogen) atoms. The molecular formula is C15H13F2NO. The highest BCUT2D eigenvalue weighted by molar-refractivity contribution is 6.05. The highest BCUT2D eigenvalue weighted by Crippen LogP contribution is 2.18. The highest BCUT2D eigenvalue weighted by Gasteiger charge is 2.11. The van der Waals surface area contributed by atoms with Crippen molar-refractivity contribution in [3.63, 3.8) is 0 Å². The number of hydrogen-bond donors (Lipinski definition) is 1. The molecule has 0 aliphatic heterocycles. The minimum atomic E-state index is -0.420. The quantitative estimate of drug-likeness (QED) is 0.874. The van der Waals surface area contributed by atoms with Crippen molar-refractivity contribution in [3.8, 4) is 0 Å². The third-order valence-electron chi connectivity index (χ3n) is 2.88. The number of carbonyl (C=O) groups is 1. The number of rotatable bonds is 2. The van der Waals surface area contributed by atoms with Gasteiger partial charge in [-0.3, -0.25) is 4.79 Å². The summed E-state index contributed by atoms with van der Waals surface area (Å²) in [5.74, 6) is -1.20. The van der Waals surface area contributed by atoms with Gasteiger partial charge in [0, 0.05) is 11.3 Å². The molecule has 0 aromatic heterocycles. The number of anilines is 1. The summed E-state index contributed by atoms with van der Waals surface area (Å²) in [5, 5.41) is 2.63. The van der Waals surface area contributed by atoms with Crippen molar-refractivity contribution in [2.75, 3.05) is 5.32 Å². The van der Waals surface area contributed by atoms with Crippen LogP contribution >= 0.6 is 0 Å². The van der Waals surface area contributed by atoms with Crippen LogP contribution in [0.3, 0.4) is 0 Å². The van der Waals surface area contributed by atoms with Gasteiger partial charge in [0.15, 0.2) is 0 Å². The van der Waals surface area contributed by atoms with Crippen LogP contribution in [0.2, 0.25) is 0 Å². The molecule has 0 bridgehead atoms. The fourth-order valence-corrected chi connectivity index (χ4v) is 1.80. The first-order valence-electron chi connectivity index (χ1n) is 5.81. The second-order valence-electron chi connectivity index (χ2n) is 4.37. The van der Waals surface area contributed by atoms with Gasteiger partial charge in [-0.2, -0.15) is 0 Å². The Hall–Kier alpha value is -2.23. The van der Waals surface area contributed by atoms with Crippen LogP contribution in [-0.4, -0.2) is 5.91 Å². The Bertz CT molecular complexity index is 638. The van der Waals surface area contributed by atoms with E-state index in [0.717, 1.165) is 5.56 Å². The molecule has 0 fully saturated rings. The second-order valence-corrected chi connectivity index (χ2v) is 4.37. The molecule has 0 unspecified atom stereocenters. The normalized spacial score (nSPS) is 10.3. The zero-order valence-corrected chi connectivity index (χ0v) is 10.6. The van der Waals surface area contributed by atoms with Gasteiger partial charge in [0.25, 0.3) is 5.91 Å². The summed E-state index contributed by atoms with van der Waals surface area (Å²) in [6.07, 6.45) is 0. The molecule has 0 spiro atoms. The maximum atomic E-state index is 13.1. The Balaban J connectivity index is 2.28. The molecule has 1 amide bonds. The van der Waals surface area contributed by atoms with Crippen LogP contribution in [0.25, 0.3) is 0 Å². The molecule has 98 valence electrons. The largest absolute Gasteiger partial charge is 0.322 e. The summed E-state index contributed by atoms with van der Waals surface area (Å²) in [4.78, 5) is 12.1. The Morgan fingerprint density at radius 3 is 2.26 bits per heavy atom. The monoisotopic (exact) mass is 261 g/mol. The van der Waals surface area contributed by atoms with E-state index in [2.05, 4.69) is 5.32 Å². The van der Waals surface area contributed by atoms with Crippen molar-refractivity contribution in [1.82, 2.24) is 0 Å². The van der Waals surface area contributed by atoms with Crippen LogP contribution in [0.1, 0.15) is 21.5 Å². The first-order chi connectivity index (χ1) is 8.97. The number of nitrogens with one attached hydrogen (secondary N) is 1. The molecule has 0 aliphatic carbocycles. The van der Waals surface area contributed by atoms with Crippen LogP contribution in [0.15, 0.2) is 36.4 Å². The molecule has 0 saturated heterocycles. The van der Waals surface area contributed by atoms with E-state index in [1.807, 2.05) is 0 Å². The van der Waals surface area contributed by atoms with E-state index in [-0.39, 0.29) is 5.91 Å². The van der Waals surface area contributed by atoms with E-state index in [9.17, 15) is 13.6 Å². The summed E-state index contributed by atoms with van der Waals surface area (Å²) in [6, 6.07) is 8.09. The van der Waals surface area contributed by atoms with Crippen molar-refractivity contribution in [3.05, 3.63) is 64.7 Å². The standard InChI is InChI=1S/C15H13F2NO/c1-9-3-4-12(17)8-14(9)18-15(19)13-6-5-11(16)7-10(13)2/h3-8H,1-2H3,(H,18,19). The van der Waals surface area contributed by atoms with Crippen molar-refractivity contribution in [2.24, 2.45) is 0 Å². The van der Waals surface area contributed by atoms with Crippen LogP contribution in [0.5, 0.6) is 0 Å². The predicted molar refractivity (Wildman–Crippen MR) is 70.2 cm³/mol. The maximum absolute atomic E-state index is 13.1. The van der Waals surface area contributed by atoms with Crippen LogP contribution in [-0.2, 0) is 0 Å². The average molecular weight is 261 g/mol. The molecule has 2 aromatic rings. The van der Waals surface area contributed by atoms with E-state index in [0.29, 0.717) is 16.8 Å². The summed E-state index contributed by atoms with van der Waals surface area (Å²) >= 11 is 0. The number of carbonyl (C=O) groups excluding carboxylic acids is 1. The number of halogens is 2. The molecule has 0 atom stereocenters. The predicted octanol–water partition coefficient (Wildman–Crippen LogP) is 3.83. The SMILES string of the molecule is Cc1ccc(F)cc1NC(=O)c1ccc(F)cc1C. The van der Waals surface area contributed by atoms with Crippen molar-refractivity contribution in [2.45, 2.75) is 13.8 Å². The van der Waals surface area contributed by atoms with Gasteiger partial charge >= 0.3 is 0 Å². The number of amides is 1. The summed E-state index contributed by atoms with van der Waals surface area (Å²) in [7, 11) is 0. The topological polar surface area (TPSA) is 29.1 Å². The van der Waals surface area contributed by atoms with Gasteiger partial charge in [-0.15, -0.1) is 0 Å². The Kier molecular flexibility index (Phi) is 3.60. The minimum Gasteiger partial charge on any atom is -0.322 e. The Morgan fingerprint density at radius 2 is 1.58 bits per heavy atom. The number of hydrogen-bond acceptors (Lipinski definition) is 1. The van der Waals surface area contributed by atoms with E-state index < -0.39 is 11.6 Å². The van der Waals surface area contributed by atoms with E-state index >= 15 is 0 Å². The molecule has 2 nitrogen and oxygen atoms in total. The smallest absolute Gasteiger partial charge is 0.255 e. The van der Waals surface area contributed by atoms with Crippen LogP contribution in [0.4, 0.5) is 14.5 Å². The third kappa shape index (κ3) is 2.96. The highest BCUT2D eigenvalue weighted by atomic mass is 19.1. The average Bonchev–Trinajstić information content (AvgIpc) is 2.33. The van der Waals surface area contributed by atoms with E-state index in [4.69, 9.17) is 0 Å². The lowest BCUT2D eigenvalue weighted by molar-refractivity contribution is 0.102. The van der Waals surface area contributed by atoms with E-state index in [1.54, 1.807) is 19.9 Å². The lowest BCUT2D eigenvalue weighted by Gasteiger charge is -2.10. The Labute approximate surface area is 110 Å². The van der Waals surface area contributed by atoms with Crippen molar-refractivity contribution in [1.29, 1.82) is 0 Å². The molecule has 1 N–H and O–H groups in total. The van der Waals surface area contributed by atoms with Crippen LogP contribution in [0, 0.1) is 25.5 Å². The van der Waals surface area contributed by atoms with Gasteiger partial charge in [-0.1, -0.05) is 6.07 Å². The molecule has 0 heterocycles. The van der Waals surface area contributed by atoms with Crippen LogP contribution < -0.4 is 5.32 Å². The first kappa shape index (κ1) is 13.2. The molecule has 0 radical (unpaired) electrons. The Morgan fingerprint density at radius 1 is 0.947 bits per heavy atom. The van der Waals surface area contributed by atoms with Gasteiger partial charge in [0.05, 0.1) is 0 Å². The lowest BCUT2D eigenvalue weighted by Crippen LogP contribution is -2.14. The minimum absolute atomic E-state index is 0.366. The fourth-order valence-electron chi connectivity index (χ4n) is 1.80. The van der Waals surface area contributed by atoms with Gasteiger partial charge in [0.1, 0.15) is 11.6 Å². The number of benzene rings is 2. The summed E-state index contributed by atoms with van der Waals surface area (Å²) in [5.41, 5.74) is 2.07. The second kappa shape index (κ2) is 5.18. The molecule has 2 rings (SSSR count). The molecule has 0 aliphatic rings. The first-order valence-corrected chi connectivity index (χ1v) is 5.81. The number of aryl methyl sites for hydroxylation is 2. The lowest BCUT2D eigenvalue weighted by atomic mass is 10.1. The molecule has 0 saturated carbocycles. The summed E-state index contributed by atoms with van der Waals surface area (Å²) in [6.45, 7) is 3.42. The van der Waals surface area contributed by atoms with Gasteiger partial charge in [-0.05, 0) is 55.3 Å². The van der Waals surface area contributed by atoms with Gasteiger partial charge in [0.2, 0.25) is 0 Å². The zero-order valence-electron chi connectivity index (χ0n) is 10.6. The van der Waals surface area contributed by atoms with Crippen molar-refractivity contribution >= 4 is 11.6 Å². The third-order valence-corrected chi connectivity index (χ3v) is 2.88. The fraction of sp³-hybridized carbons (Fsp3) is 0.133. The maximum Gasteiger partial charge on any atom is 0.255 e. The van der Waals surface area contributed by atoms with Gasteiger partial charge < -0.3 is 5.32 Å². The van der Waals surface area contributed by atoms with E-state index in [1.165, 1.54) is 30.3 Å². The summed E-state index contributed by atoms with van der Waals surface area (Å²) < 4.78 is 26.1. The zero-order chi connectivity index (χ0) is 14.0. The van der Waals surface area contributed by atoms with Gasteiger partial charge in [-0.25, -0.2) is 8.78 Å². The molecule has 4 heteroatoms. The van der Waals surface area contributed by atoms with Crippen molar-refractivity contribution < 1.29 is 13.6 Å². The molecule has 2 aromatic carbocycles.